The number of aromatic nitrogens is 6. The summed E-state index contributed by atoms with van der Waals surface area (Å²) >= 11 is 3.06. The molecule has 6 aromatic heterocycles. The number of carbonyl (C=O) groups excluding carboxylic acids is 1. The number of rotatable bonds is 26. The van der Waals surface area contributed by atoms with E-state index in [0.29, 0.717) is 32.7 Å². The molecular formula is C118H107N7O15S6. The molecule has 1 atom stereocenters. The van der Waals surface area contributed by atoms with Crippen molar-refractivity contribution < 1.29 is 68.8 Å². The minimum atomic E-state index is -3.38. The van der Waals surface area contributed by atoms with Crippen molar-refractivity contribution in [2.24, 2.45) is 0 Å². The van der Waals surface area contributed by atoms with E-state index in [1.165, 1.54) is 65.8 Å². The fraction of sp³-hybridized carbons (Fsp3) is 0.153. The zero-order valence-corrected chi connectivity index (χ0v) is 87.0. The lowest BCUT2D eigenvalue weighted by Gasteiger charge is -2.22. The van der Waals surface area contributed by atoms with Crippen LogP contribution in [0.1, 0.15) is 132 Å². The van der Waals surface area contributed by atoms with Crippen LogP contribution in [0.15, 0.2) is 359 Å². The number of nitrogens with one attached hydrogen (secondary N) is 1. The van der Waals surface area contributed by atoms with E-state index in [4.69, 9.17) is 0 Å². The van der Waals surface area contributed by atoms with Crippen LogP contribution in [0.5, 0.6) is 0 Å². The van der Waals surface area contributed by atoms with E-state index in [-0.39, 0.29) is 32.2 Å². The quantitative estimate of drug-likeness (QED) is 0.0217. The molecule has 0 aliphatic carbocycles. The first-order chi connectivity index (χ1) is 69.3. The number of hydrogen-bond donors (Lipinski definition) is 6. The summed E-state index contributed by atoms with van der Waals surface area (Å²) in [7, 11) is -13.3. The molecule has 28 heteroatoms. The number of aliphatic carboxylic acids is 1. The number of carbonyl (C=O) groups is 2. The average molecular weight is 2060 g/mol. The lowest BCUT2D eigenvalue weighted by atomic mass is 9.90. The zero-order chi connectivity index (χ0) is 104. The summed E-state index contributed by atoms with van der Waals surface area (Å²) in [4.78, 5) is 53.5. The number of pyridine rings is 4. The Morgan fingerprint density at radius 3 is 0.959 bits per heavy atom. The fourth-order valence-electron chi connectivity index (χ4n) is 16.5. The number of fused-ring (bicyclic) bond motifs is 4. The Morgan fingerprint density at radius 1 is 0.356 bits per heavy atom. The Labute approximate surface area is 857 Å². The van der Waals surface area contributed by atoms with Gasteiger partial charge in [0.1, 0.15) is 15.6 Å². The molecule has 0 aliphatic heterocycles. The molecule has 6 heterocycles. The summed E-state index contributed by atoms with van der Waals surface area (Å²) in [6.45, 7) is 14.1. The minimum absolute atomic E-state index is 0.0374. The second-order valence-electron chi connectivity index (χ2n) is 36.9. The molecule has 1 amide bonds. The maximum absolute atomic E-state index is 13.2. The number of carboxylic acids is 1. The largest absolute Gasteiger partial charge is 0.478 e. The van der Waals surface area contributed by atoms with Crippen molar-refractivity contribution in [1.29, 1.82) is 0 Å². The van der Waals surface area contributed by atoms with E-state index in [1.54, 1.807) is 144 Å². The van der Waals surface area contributed by atoms with E-state index in [9.17, 15) is 68.8 Å². The van der Waals surface area contributed by atoms with Crippen molar-refractivity contribution in [3.05, 3.63) is 416 Å². The molecule has 0 spiro atoms. The summed E-state index contributed by atoms with van der Waals surface area (Å²) in [5.41, 5.74) is 19.1. The van der Waals surface area contributed by atoms with Gasteiger partial charge in [-0.2, -0.15) is 0 Å². The highest BCUT2D eigenvalue weighted by atomic mass is 32.2. The van der Waals surface area contributed by atoms with Crippen LogP contribution in [0, 0.1) is 0 Å². The summed E-state index contributed by atoms with van der Waals surface area (Å²) < 4.78 is 95.0. The van der Waals surface area contributed by atoms with Gasteiger partial charge in [-0.05, 0) is 314 Å². The van der Waals surface area contributed by atoms with Gasteiger partial charge in [0.25, 0.3) is 5.91 Å². The number of benzene rings is 12. The minimum Gasteiger partial charge on any atom is -0.478 e. The van der Waals surface area contributed by atoms with E-state index < -0.39 is 68.7 Å². The van der Waals surface area contributed by atoms with E-state index in [1.807, 2.05) is 195 Å². The van der Waals surface area contributed by atoms with Crippen LogP contribution in [0.25, 0.3) is 135 Å². The first kappa shape index (κ1) is 105. The van der Waals surface area contributed by atoms with Gasteiger partial charge in [0.05, 0.1) is 65.0 Å². The summed E-state index contributed by atoms with van der Waals surface area (Å²) in [6.07, 6.45) is 23.7. The van der Waals surface area contributed by atoms with Gasteiger partial charge < -0.3 is 30.8 Å². The van der Waals surface area contributed by atoms with Crippen molar-refractivity contribution >= 4 is 164 Å². The van der Waals surface area contributed by atoms with Crippen LogP contribution in [0.3, 0.4) is 0 Å². The topological polar surface area (TPSA) is 361 Å². The van der Waals surface area contributed by atoms with Crippen LogP contribution >= 0.6 is 22.7 Å². The Hall–Kier alpha value is -14.9. The van der Waals surface area contributed by atoms with Gasteiger partial charge in [-0.15, -0.1) is 22.7 Å². The molecule has 146 heavy (non-hydrogen) atoms. The molecule has 6 N–H and O–H groups in total. The van der Waals surface area contributed by atoms with Gasteiger partial charge in [-0.25, -0.2) is 48.4 Å². The molecule has 0 radical (unpaired) electrons. The van der Waals surface area contributed by atoms with E-state index in [0.717, 1.165) is 167 Å². The number of thiazole rings is 2. The van der Waals surface area contributed by atoms with Crippen LogP contribution in [0.4, 0.5) is 0 Å². The molecule has 22 nitrogen and oxygen atoms in total. The molecule has 0 bridgehead atoms. The number of aliphatic hydroxyl groups excluding tert-OH is 1. The smallest absolute Gasteiger partial charge is 0.336 e. The summed E-state index contributed by atoms with van der Waals surface area (Å²) in [6, 6.07) is 88.8. The van der Waals surface area contributed by atoms with Gasteiger partial charge in [-0.3, -0.25) is 24.7 Å². The normalized spacial score (nSPS) is 12.9. The maximum atomic E-state index is 13.2. The standard InChI is InChI=1S/C31H32N2O4S.C30H26N2O4S2.C29H24N2O2S2.C28H25NO5S/c1-20(2)33-30(34)28(22-11-13-26(14-12-22)38(5,36)37)17-21-8-6-9-23(16-21)27-19-25(31(3,4)35)18-24-10-7-15-32-29(24)27;1-30(34,19-33)24-17-23-7-4-12-31-28(23)26(18-24)22-6-3-5-20(15-22)16-27(29-32-13-14-37-29)21-8-10-25(11-9-21)38(2,35)36;1-3-20-16-24-8-5-13-30-28(24)26(18-20)23-7-4-6-21(17-23)19-27(29-31-14-15-34-29)22-9-11-25(12-10-22)35(2,32)33;1-28(2,32)22-16-21-8-5-13-29-26(21)24(17-22)20-7-4-6-18(14-20)15-25(27(30)31)19-9-11-23(12-10-19)35(3,33)34/h6-20,35H,1-5H3,(H,33,34);3-18,33-34H,19H2,1-2H3;4-19H,3H2,1-2H3;4-17,32H,1-3H3,(H,30,31)/b28-17-;27-16-;27-19-;25-15-. The second-order valence-corrected chi connectivity index (χ2v) is 46.8. The number of amides is 1. The second kappa shape index (κ2) is 44.3. The highest BCUT2D eigenvalue weighted by Gasteiger charge is 2.28. The third-order valence-electron chi connectivity index (χ3n) is 24.3. The van der Waals surface area contributed by atoms with Crippen LogP contribution in [-0.2, 0) is 72.2 Å². The fourth-order valence-corrected chi connectivity index (χ4v) is 20.4. The summed E-state index contributed by atoms with van der Waals surface area (Å²) in [5.74, 6) is -1.38. The predicted molar refractivity (Wildman–Crippen MR) is 588 cm³/mol. The lowest BCUT2D eigenvalue weighted by Crippen LogP contribution is -2.30. The van der Waals surface area contributed by atoms with Gasteiger partial charge in [0.2, 0.25) is 0 Å². The molecule has 0 saturated heterocycles. The monoisotopic (exact) mass is 2050 g/mol. The van der Waals surface area contributed by atoms with Crippen molar-refractivity contribution in [3.63, 3.8) is 0 Å². The first-order valence-electron chi connectivity index (χ1n) is 46.5. The molecule has 0 fully saturated rings. The number of hydrogen-bond acceptors (Lipinski definition) is 22. The Bertz CT molecular complexity index is 8580. The predicted octanol–water partition coefficient (Wildman–Crippen LogP) is 23.2. The third kappa shape index (κ3) is 25.9. The van der Waals surface area contributed by atoms with Gasteiger partial charge in [-0.1, -0.05) is 153 Å². The van der Waals surface area contributed by atoms with E-state index >= 15 is 0 Å². The van der Waals surface area contributed by atoms with Gasteiger partial charge in [0, 0.05) is 140 Å². The number of sulfone groups is 4. The van der Waals surface area contributed by atoms with Crippen LogP contribution in [0.2, 0.25) is 0 Å². The average Bonchev–Trinajstić information content (AvgIpc) is 1.39. The molecular weight excluding hydrogens is 1950 g/mol. The Morgan fingerprint density at radius 2 is 0.658 bits per heavy atom. The number of aryl methyl sites for hydroxylation is 1. The molecule has 0 saturated carbocycles. The number of carboxylic acid groups (broad SMARTS) is 1. The molecule has 12 aromatic carbocycles. The highest BCUT2D eigenvalue weighted by Crippen LogP contribution is 2.41. The molecule has 740 valence electrons. The maximum Gasteiger partial charge on any atom is 0.336 e. The molecule has 18 rings (SSSR count). The first-order valence-corrected chi connectivity index (χ1v) is 55.8. The highest BCUT2D eigenvalue weighted by molar-refractivity contribution is 7.91. The van der Waals surface area contributed by atoms with Crippen molar-refractivity contribution in [3.8, 4) is 44.5 Å². The molecule has 0 aliphatic rings. The van der Waals surface area contributed by atoms with Crippen molar-refractivity contribution in [1.82, 2.24) is 35.2 Å². The summed E-state index contributed by atoms with van der Waals surface area (Å²) in [5, 5.41) is 64.0. The third-order valence-corrected chi connectivity index (χ3v) is 30.4. The Balaban J connectivity index is 0.000000146. The number of aliphatic hydroxyl groups is 4. The van der Waals surface area contributed by atoms with Gasteiger partial charge >= 0.3 is 5.97 Å². The molecule has 18 aromatic rings. The van der Waals surface area contributed by atoms with Crippen molar-refractivity contribution in [2.45, 2.75) is 104 Å². The van der Waals surface area contributed by atoms with E-state index in [2.05, 4.69) is 90.7 Å². The van der Waals surface area contributed by atoms with Gasteiger partial charge in [0.15, 0.2) is 39.3 Å². The van der Waals surface area contributed by atoms with Crippen LogP contribution < -0.4 is 5.32 Å². The number of nitrogens with zero attached hydrogens (tertiary/aromatic N) is 6. The molecule has 1 unspecified atom stereocenters. The SMILES string of the molecule is CC(C)(O)c1cc(-c2cccc(/C=C(\C(=O)O)c3ccc(S(C)(=O)=O)cc3)c2)c2ncccc2c1.CC(C)NC(=O)/C(=C\c1cccc(-c2cc(C(C)(C)O)cc3cccnc23)c1)c1ccc(S(C)(=O)=O)cc1.CC(O)(CO)c1cc(-c2cccc(/C=C(/c3ccc(S(C)(=O)=O)cc3)c3nccs3)c2)c2ncccc2c1.CCc1cc(-c2cccc(/C=C(/c3ccc(S(C)(=O)=O)cc3)c3nccs3)c2)c2ncccc2c1. The lowest BCUT2D eigenvalue weighted by molar-refractivity contribution is -0.130. The van der Waals surface area contributed by atoms with Crippen LogP contribution in [-0.4, -0.2) is 139 Å². The van der Waals surface area contributed by atoms with Crippen molar-refractivity contribution in [2.75, 3.05) is 31.6 Å². The zero-order valence-electron chi connectivity index (χ0n) is 82.1. The Kier molecular flexibility index (Phi) is 32.0.